The number of ketones is 1. The van der Waals surface area contributed by atoms with Gasteiger partial charge in [0.15, 0.2) is 5.78 Å². The lowest BCUT2D eigenvalue weighted by Crippen LogP contribution is -2.03. The third-order valence-corrected chi connectivity index (χ3v) is 3.20. The number of carbonyl (C=O) groups is 1. The summed E-state index contributed by atoms with van der Waals surface area (Å²) in [4.78, 5) is 29.5. The highest BCUT2D eigenvalue weighted by Gasteiger charge is 2.13. The lowest BCUT2D eigenvalue weighted by atomic mass is 10.1. The summed E-state index contributed by atoms with van der Waals surface area (Å²) in [5, 5.41) is 11.4. The molecule has 1 N–H and O–H groups in total. The normalized spacial score (nSPS) is 10.7. The number of aromatic nitrogens is 2. The number of fused-ring (bicyclic) bond motifs is 1. The van der Waals surface area contributed by atoms with Crippen LogP contribution in [-0.4, -0.2) is 20.7 Å². The lowest BCUT2D eigenvalue weighted by Gasteiger charge is -1.97. The molecule has 0 bridgehead atoms. The van der Waals surface area contributed by atoms with Crippen LogP contribution in [0.25, 0.3) is 10.9 Å². The number of benzene rings is 1. The van der Waals surface area contributed by atoms with Gasteiger partial charge in [-0.05, 0) is 23.8 Å². The molecule has 6 nitrogen and oxygen atoms in total. The summed E-state index contributed by atoms with van der Waals surface area (Å²) in [5.41, 5.74) is 1.98. The van der Waals surface area contributed by atoms with Crippen LogP contribution in [0.3, 0.4) is 0 Å². The molecule has 0 unspecified atom stereocenters. The van der Waals surface area contributed by atoms with E-state index in [0.717, 1.165) is 5.56 Å². The Bertz CT molecular complexity index is 825. The van der Waals surface area contributed by atoms with Crippen molar-refractivity contribution < 1.29 is 9.72 Å². The van der Waals surface area contributed by atoms with Crippen LogP contribution in [0.4, 0.5) is 5.69 Å². The second-order valence-electron chi connectivity index (χ2n) is 4.67. The second-order valence-corrected chi connectivity index (χ2v) is 4.67. The van der Waals surface area contributed by atoms with E-state index in [2.05, 4.69) is 9.97 Å². The van der Waals surface area contributed by atoms with Gasteiger partial charge in [-0.15, -0.1) is 0 Å². The van der Waals surface area contributed by atoms with E-state index in [9.17, 15) is 14.9 Å². The van der Waals surface area contributed by atoms with Gasteiger partial charge in [0.05, 0.1) is 10.6 Å². The highest BCUT2D eigenvalue weighted by Crippen LogP contribution is 2.22. The summed E-state index contributed by atoms with van der Waals surface area (Å²) in [5.74, 6) is -0.0816. The molecule has 0 amide bonds. The average molecular weight is 281 g/mol. The van der Waals surface area contributed by atoms with Crippen molar-refractivity contribution in [3.05, 3.63) is 70.2 Å². The standard InChI is InChI=1S/C15H11N3O3/c19-15(6-10-2-1-5-16-9-10)14-8-11-7-12(18(20)21)3-4-13(11)17-14/h1-5,7-9,17H,6H2. The number of nitrogens with one attached hydrogen (secondary N) is 1. The molecule has 104 valence electrons. The fourth-order valence-electron chi connectivity index (χ4n) is 2.17. The first-order valence-electron chi connectivity index (χ1n) is 6.33. The number of hydrogen-bond acceptors (Lipinski definition) is 4. The SMILES string of the molecule is O=C(Cc1cccnc1)c1cc2cc([N+](=O)[O-])ccc2[nH]1. The minimum absolute atomic E-state index is 0.00718. The first-order chi connectivity index (χ1) is 10.1. The van der Waals surface area contributed by atoms with Gasteiger partial charge in [-0.1, -0.05) is 6.07 Å². The number of carbonyl (C=O) groups excluding carboxylic acids is 1. The van der Waals surface area contributed by atoms with Crippen molar-refractivity contribution in [3.63, 3.8) is 0 Å². The Morgan fingerprint density at radius 2 is 2.14 bits per heavy atom. The molecule has 0 aliphatic heterocycles. The van der Waals surface area contributed by atoms with Gasteiger partial charge in [0, 0.05) is 41.9 Å². The molecule has 0 radical (unpaired) electrons. The fraction of sp³-hybridized carbons (Fsp3) is 0.0667. The number of aromatic amines is 1. The molecule has 2 heterocycles. The Morgan fingerprint density at radius 1 is 1.29 bits per heavy atom. The van der Waals surface area contributed by atoms with Gasteiger partial charge in [-0.2, -0.15) is 0 Å². The van der Waals surface area contributed by atoms with Gasteiger partial charge in [0.2, 0.25) is 0 Å². The van der Waals surface area contributed by atoms with Gasteiger partial charge < -0.3 is 4.98 Å². The van der Waals surface area contributed by atoms with E-state index < -0.39 is 4.92 Å². The van der Waals surface area contributed by atoms with Crippen molar-refractivity contribution >= 4 is 22.4 Å². The number of nitro groups is 1. The lowest BCUT2D eigenvalue weighted by molar-refractivity contribution is -0.384. The predicted octanol–water partition coefficient (Wildman–Crippen LogP) is 2.90. The summed E-state index contributed by atoms with van der Waals surface area (Å²) in [7, 11) is 0. The summed E-state index contributed by atoms with van der Waals surface area (Å²) < 4.78 is 0. The van der Waals surface area contributed by atoms with Crippen molar-refractivity contribution in [2.75, 3.05) is 0 Å². The van der Waals surface area contributed by atoms with Crippen LogP contribution in [0, 0.1) is 10.1 Å². The van der Waals surface area contributed by atoms with E-state index in [-0.39, 0.29) is 17.9 Å². The van der Waals surface area contributed by atoms with Crippen molar-refractivity contribution in [3.8, 4) is 0 Å². The first-order valence-corrected chi connectivity index (χ1v) is 6.33. The maximum absolute atomic E-state index is 12.2. The molecule has 3 rings (SSSR count). The van der Waals surface area contributed by atoms with Gasteiger partial charge in [0.1, 0.15) is 0 Å². The molecule has 3 aromatic rings. The molecule has 1 aromatic carbocycles. The number of pyridine rings is 1. The van der Waals surface area contributed by atoms with E-state index in [1.54, 1.807) is 30.6 Å². The Labute approximate surface area is 119 Å². The third kappa shape index (κ3) is 2.64. The van der Waals surface area contributed by atoms with Crippen LogP contribution in [0.15, 0.2) is 48.8 Å². The monoisotopic (exact) mass is 281 g/mol. The van der Waals surface area contributed by atoms with Gasteiger partial charge in [-0.25, -0.2) is 0 Å². The Balaban J connectivity index is 1.90. The van der Waals surface area contributed by atoms with Crippen molar-refractivity contribution in [2.24, 2.45) is 0 Å². The predicted molar refractivity (Wildman–Crippen MR) is 77.2 cm³/mol. The van der Waals surface area contributed by atoms with E-state index in [0.29, 0.717) is 16.6 Å². The number of Topliss-reactive ketones (excluding diaryl/α,β-unsaturated/α-hetero) is 1. The zero-order valence-electron chi connectivity index (χ0n) is 10.9. The van der Waals surface area contributed by atoms with E-state index in [1.807, 2.05) is 6.07 Å². The molecule has 0 aliphatic rings. The largest absolute Gasteiger partial charge is 0.352 e. The Kier molecular flexibility index (Phi) is 3.19. The third-order valence-electron chi connectivity index (χ3n) is 3.20. The second kappa shape index (κ2) is 5.16. The number of H-pyrrole nitrogens is 1. The molecule has 0 fully saturated rings. The molecule has 6 heteroatoms. The molecule has 0 saturated heterocycles. The molecule has 0 spiro atoms. The molecule has 0 aliphatic carbocycles. The topological polar surface area (TPSA) is 88.9 Å². The molecular formula is C15H11N3O3. The summed E-state index contributed by atoms with van der Waals surface area (Å²) in [6.07, 6.45) is 3.53. The molecule has 21 heavy (non-hydrogen) atoms. The van der Waals surface area contributed by atoms with Gasteiger partial charge in [0.25, 0.3) is 5.69 Å². The van der Waals surface area contributed by atoms with E-state index in [1.165, 1.54) is 12.1 Å². The quantitative estimate of drug-likeness (QED) is 0.452. The summed E-state index contributed by atoms with van der Waals surface area (Å²) in [6, 6.07) is 9.71. The van der Waals surface area contributed by atoms with Crippen LogP contribution >= 0.6 is 0 Å². The molecule has 0 saturated carbocycles. The fourth-order valence-corrected chi connectivity index (χ4v) is 2.17. The zero-order chi connectivity index (χ0) is 14.8. The number of non-ortho nitro benzene ring substituents is 1. The van der Waals surface area contributed by atoms with Gasteiger partial charge >= 0.3 is 0 Å². The first kappa shape index (κ1) is 13.0. The maximum Gasteiger partial charge on any atom is 0.270 e. The van der Waals surface area contributed by atoms with Crippen LogP contribution in [0.2, 0.25) is 0 Å². The van der Waals surface area contributed by atoms with Crippen LogP contribution < -0.4 is 0 Å². The van der Waals surface area contributed by atoms with Crippen molar-refractivity contribution in [2.45, 2.75) is 6.42 Å². The smallest absolute Gasteiger partial charge is 0.270 e. The van der Waals surface area contributed by atoms with Crippen LogP contribution in [0.5, 0.6) is 0 Å². The number of nitrogens with zero attached hydrogens (tertiary/aromatic N) is 2. The van der Waals surface area contributed by atoms with E-state index in [4.69, 9.17) is 0 Å². The number of rotatable bonds is 4. The summed E-state index contributed by atoms with van der Waals surface area (Å²) >= 11 is 0. The summed E-state index contributed by atoms with van der Waals surface area (Å²) in [6.45, 7) is 0. The number of nitro benzene ring substituents is 1. The van der Waals surface area contributed by atoms with E-state index >= 15 is 0 Å². The van der Waals surface area contributed by atoms with Crippen molar-refractivity contribution in [1.82, 2.24) is 9.97 Å². The van der Waals surface area contributed by atoms with Crippen LogP contribution in [0.1, 0.15) is 16.1 Å². The molecule has 2 aromatic heterocycles. The Hall–Kier alpha value is -3.02. The van der Waals surface area contributed by atoms with Crippen molar-refractivity contribution in [1.29, 1.82) is 0 Å². The van der Waals surface area contributed by atoms with Crippen LogP contribution in [-0.2, 0) is 6.42 Å². The zero-order valence-corrected chi connectivity index (χ0v) is 10.9. The average Bonchev–Trinajstić information content (AvgIpc) is 2.91. The minimum atomic E-state index is -0.455. The minimum Gasteiger partial charge on any atom is -0.352 e. The molecule has 0 atom stereocenters. The molecular weight excluding hydrogens is 270 g/mol. The Morgan fingerprint density at radius 3 is 2.86 bits per heavy atom. The number of hydrogen-bond donors (Lipinski definition) is 1. The maximum atomic E-state index is 12.2. The van der Waals surface area contributed by atoms with Gasteiger partial charge in [-0.3, -0.25) is 19.9 Å². The highest BCUT2D eigenvalue weighted by atomic mass is 16.6. The highest BCUT2D eigenvalue weighted by molar-refractivity contribution is 6.00.